The lowest BCUT2D eigenvalue weighted by molar-refractivity contribution is 0.00701. The Kier molecular flexibility index (Phi) is 6.27. The lowest BCUT2D eigenvalue weighted by Gasteiger charge is -2.40. The van der Waals surface area contributed by atoms with E-state index in [1.165, 1.54) is 0 Å². The molecule has 0 spiro atoms. The highest BCUT2D eigenvalue weighted by atomic mass is 16.6. The number of ether oxygens (including phenoxy) is 1. The fourth-order valence-electron chi connectivity index (χ4n) is 2.31. The van der Waals surface area contributed by atoms with Crippen LogP contribution in [-0.2, 0) is 17.7 Å². The first-order chi connectivity index (χ1) is 11.8. The largest absolute Gasteiger partial charge is 0.444 e. The summed E-state index contributed by atoms with van der Waals surface area (Å²) in [7, 11) is 0. The van der Waals surface area contributed by atoms with Crippen LogP contribution in [0.1, 0.15) is 46.1 Å². The van der Waals surface area contributed by atoms with Crippen molar-refractivity contribution < 1.29 is 14.1 Å². The average Bonchev–Trinajstić information content (AvgIpc) is 2.93. The third kappa shape index (κ3) is 5.95. The molecule has 2 heterocycles. The fourth-order valence-corrected chi connectivity index (χ4v) is 2.31. The first kappa shape index (κ1) is 19.1. The zero-order valence-electron chi connectivity index (χ0n) is 15.8. The van der Waals surface area contributed by atoms with Crippen molar-refractivity contribution >= 4 is 12.1 Å². The minimum Gasteiger partial charge on any atom is -0.444 e. The van der Waals surface area contributed by atoms with E-state index in [0.29, 0.717) is 25.6 Å². The zero-order valence-corrected chi connectivity index (χ0v) is 15.8. The van der Waals surface area contributed by atoms with Crippen LogP contribution in [-0.4, -0.2) is 53.4 Å². The summed E-state index contributed by atoms with van der Waals surface area (Å²) in [6.45, 7) is 12.0. The molecule has 2 rings (SSSR count). The van der Waals surface area contributed by atoms with Crippen molar-refractivity contribution in [3.05, 3.63) is 17.5 Å². The molecule has 2 N–H and O–H groups in total. The summed E-state index contributed by atoms with van der Waals surface area (Å²) in [5.41, 5.74) is 0.454. The van der Waals surface area contributed by atoms with Crippen molar-refractivity contribution in [1.29, 1.82) is 0 Å². The van der Waals surface area contributed by atoms with Gasteiger partial charge in [-0.1, -0.05) is 12.1 Å². The maximum absolute atomic E-state index is 12.0. The summed E-state index contributed by atoms with van der Waals surface area (Å²) in [5.74, 6) is 1.43. The molecule has 0 saturated carbocycles. The number of carbonyl (C=O) groups excluding carboxylic acids is 1. The van der Waals surface area contributed by atoms with Crippen molar-refractivity contribution in [2.75, 3.05) is 19.6 Å². The molecule has 8 nitrogen and oxygen atoms in total. The first-order valence-corrected chi connectivity index (χ1v) is 8.78. The van der Waals surface area contributed by atoms with Gasteiger partial charge in [0, 0.05) is 25.7 Å². The Morgan fingerprint density at radius 1 is 1.44 bits per heavy atom. The molecule has 0 bridgehead atoms. The van der Waals surface area contributed by atoms with E-state index in [0.717, 1.165) is 24.4 Å². The molecule has 1 aromatic heterocycles. The molecule has 0 radical (unpaired) electrons. The van der Waals surface area contributed by atoms with Crippen LogP contribution in [0.5, 0.6) is 0 Å². The van der Waals surface area contributed by atoms with Gasteiger partial charge in [0.2, 0.25) is 0 Å². The lowest BCUT2D eigenvalue weighted by Crippen LogP contribution is -2.63. The Bertz CT molecular complexity index is 600. The van der Waals surface area contributed by atoms with Gasteiger partial charge < -0.3 is 24.8 Å². The predicted molar refractivity (Wildman–Crippen MR) is 95.4 cm³/mol. The van der Waals surface area contributed by atoms with Gasteiger partial charge in [0.25, 0.3) is 0 Å². The Balaban J connectivity index is 1.82. The van der Waals surface area contributed by atoms with Gasteiger partial charge in [0.15, 0.2) is 11.7 Å². The Morgan fingerprint density at radius 3 is 2.72 bits per heavy atom. The number of aliphatic imine (C=N–C) groups is 1. The topological polar surface area (TPSA) is 92.0 Å². The van der Waals surface area contributed by atoms with Gasteiger partial charge in [-0.2, -0.15) is 0 Å². The highest BCUT2D eigenvalue weighted by molar-refractivity contribution is 5.80. The van der Waals surface area contributed by atoms with Gasteiger partial charge in [-0.05, 0) is 34.1 Å². The Hall–Kier alpha value is -2.25. The molecular weight excluding hydrogens is 322 g/mol. The molecule has 0 atom stereocenters. The van der Waals surface area contributed by atoms with Gasteiger partial charge in [-0.25, -0.2) is 9.79 Å². The van der Waals surface area contributed by atoms with Crippen LogP contribution >= 0.6 is 0 Å². The van der Waals surface area contributed by atoms with Crippen molar-refractivity contribution in [2.45, 2.75) is 59.2 Å². The van der Waals surface area contributed by atoms with Crippen LogP contribution in [0.3, 0.4) is 0 Å². The number of guanidine groups is 1. The normalized spacial score (nSPS) is 15.7. The molecule has 1 aliphatic heterocycles. The van der Waals surface area contributed by atoms with Crippen LogP contribution < -0.4 is 10.6 Å². The first-order valence-electron chi connectivity index (χ1n) is 8.78. The summed E-state index contributed by atoms with van der Waals surface area (Å²) in [6, 6.07) is 2.08. The van der Waals surface area contributed by atoms with E-state index in [1.54, 1.807) is 4.90 Å². The quantitative estimate of drug-likeness (QED) is 0.622. The highest BCUT2D eigenvalue weighted by Crippen LogP contribution is 2.15. The van der Waals surface area contributed by atoms with E-state index < -0.39 is 5.60 Å². The van der Waals surface area contributed by atoms with E-state index in [4.69, 9.17) is 9.26 Å². The van der Waals surface area contributed by atoms with Crippen LogP contribution in [0.15, 0.2) is 15.6 Å². The second-order valence-corrected chi connectivity index (χ2v) is 7.06. The number of hydrogen-bond donors (Lipinski definition) is 2. The van der Waals surface area contributed by atoms with E-state index in [-0.39, 0.29) is 12.1 Å². The minimum atomic E-state index is -0.472. The Labute approximate surface area is 149 Å². The second kappa shape index (κ2) is 8.22. The number of likely N-dealkylation sites (tertiary alicyclic amines) is 1. The molecular formula is C17H29N5O3. The number of amides is 1. The van der Waals surface area contributed by atoms with Crippen molar-refractivity contribution in [3.63, 3.8) is 0 Å². The number of nitrogens with zero attached hydrogens (tertiary/aromatic N) is 3. The molecule has 0 aromatic carbocycles. The molecule has 8 heteroatoms. The summed E-state index contributed by atoms with van der Waals surface area (Å²) in [6.07, 6.45) is 0.565. The Morgan fingerprint density at radius 2 is 2.16 bits per heavy atom. The highest BCUT2D eigenvalue weighted by Gasteiger charge is 2.34. The van der Waals surface area contributed by atoms with Gasteiger partial charge in [0.1, 0.15) is 12.1 Å². The predicted octanol–water partition coefficient (Wildman–Crippen LogP) is 1.91. The van der Waals surface area contributed by atoms with Gasteiger partial charge in [0.05, 0.1) is 11.7 Å². The van der Waals surface area contributed by atoms with E-state index in [1.807, 2.05) is 40.7 Å². The van der Waals surface area contributed by atoms with Crippen LogP contribution in [0.25, 0.3) is 0 Å². The zero-order chi connectivity index (χ0) is 18.4. The van der Waals surface area contributed by atoms with Crippen molar-refractivity contribution in [2.24, 2.45) is 4.99 Å². The number of carbonyl (C=O) groups is 1. The molecule has 0 unspecified atom stereocenters. The van der Waals surface area contributed by atoms with Crippen LogP contribution in [0, 0.1) is 0 Å². The average molecular weight is 351 g/mol. The number of hydrogen-bond acceptors (Lipinski definition) is 5. The molecule has 140 valence electrons. The molecule has 1 fully saturated rings. The second-order valence-electron chi connectivity index (χ2n) is 7.06. The van der Waals surface area contributed by atoms with E-state index in [9.17, 15) is 4.79 Å². The molecule has 1 saturated heterocycles. The molecule has 0 aliphatic carbocycles. The molecule has 1 aromatic rings. The number of nitrogens with one attached hydrogen (secondary N) is 2. The number of rotatable bonds is 5. The summed E-state index contributed by atoms with van der Waals surface area (Å²) in [4.78, 5) is 18.1. The standard InChI is InChI=1S/C17H29N5O3/c1-6-12-8-14(25-21-12)9-19-15(18-7-2)20-13-10-22(11-13)16(23)24-17(3,4)5/h8,13H,6-7,9-11H2,1-5H3,(H2,18,19,20). The summed E-state index contributed by atoms with van der Waals surface area (Å²) in [5, 5.41) is 10.5. The van der Waals surface area contributed by atoms with Crippen LogP contribution in [0.2, 0.25) is 0 Å². The molecule has 25 heavy (non-hydrogen) atoms. The van der Waals surface area contributed by atoms with Gasteiger partial charge in [-0.15, -0.1) is 0 Å². The van der Waals surface area contributed by atoms with Crippen molar-refractivity contribution in [3.8, 4) is 0 Å². The van der Waals surface area contributed by atoms with E-state index >= 15 is 0 Å². The summed E-state index contributed by atoms with van der Waals surface area (Å²) >= 11 is 0. The molecule has 1 amide bonds. The fraction of sp³-hybridized carbons (Fsp3) is 0.706. The third-order valence-electron chi connectivity index (χ3n) is 3.58. The number of aromatic nitrogens is 1. The third-order valence-corrected chi connectivity index (χ3v) is 3.58. The summed E-state index contributed by atoms with van der Waals surface area (Å²) < 4.78 is 10.6. The van der Waals surface area contributed by atoms with Gasteiger partial charge >= 0.3 is 6.09 Å². The number of aryl methyl sites for hydroxylation is 1. The lowest BCUT2D eigenvalue weighted by atomic mass is 10.1. The van der Waals surface area contributed by atoms with E-state index in [2.05, 4.69) is 20.8 Å². The van der Waals surface area contributed by atoms with Crippen molar-refractivity contribution in [1.82, 2.24) is 20.7 Å². The smallest absolute Gasteiger partial charge is 0.410 e. The minimum absolute atomic E-state index is 0.159. The molecule has 1 aliphatic rings. The monoisotopic (exact) mass is 351 g/mol. The van der Waals surface area contributed by atoms with Gasteiger partial charge in [-0.3, -0.25) is 0 Å². The SMILES string of the molecule is CCNC(=NCc1cc(CC)no1)NC1CN(C(=O)OC(C)(C)C)C1. The maximum atomic E-state index is 12.0. The van der Waals surface area contributed by atoms with Crippen LogP contribution in [0.4, 0.5) is 4.79 Å². The maximum Gasteiger partial charge on any atom is 0.410 e.